The summed E-state index contributed by atoms with van der Waals surface area (Å²) in [7, 11) is 1.82. The van der Waals surface area contributed by atoms with Crippen LogP contribution in [0.4, 0.5) is 11.4 Å². The first-order valence-electron chi connectivity index (χ1n) is 9.68. The number of likely N-dealkylation sites (N-methyl/N-ethyl adjacent to an activating group) is 1. The second kappa shape index (κ2) is 8.21. The zero-order valence-corrected chi connectivity index (χ0v) is 16.1. The van der Waals surface area contributed by atoms with Crippen LogP contribution in [0.5, 0.6) is 0 Å². The lowest BCUT2D eigenvalue weighted by atomic mass is 10.0. The summed E-state index contributed by atoms with van der Waals surface area (Å²) in [6.07, 6.45) is 8.39. The van der Waals surface area contributed by atoms with Crippen LogP contribution in [0.1, 0.15) is 28.0 Å². The minimum atomic E-state index is -0.0559. The van der Waals surface area contributed by atoms with Crippen LogP contribution in [0.15, 0.2) is 67.1 Å². The van der Waals surface area contributed by atoms with Gasteiger partial charge in [0.1, 0.15) is 5.69 Å². The third-order valence-electron chi connectivity index (χ3n) is 5.22. The number of hydrogen-bond donors (Lipinski definition) is 0. The van der Waals surface area contributed by atoms with E-state index >= 15 is 0 Å². The van der Waals surface area contributed by atoms with Crippen LogP contribution in [0.3, 0.4) is 0 Å². The number of aryl methyl sites for hydroxylation is 1. The van der Waals surface area contributed by atoms with Crippen LogP contribution in [0.2, 0.25) is 0 Å². The Morgan fingerprint density at radius 2 is 1.93 bits per heavy atom. The first kappa shape index (κ1) is 18.2. The van der Waals surface area contributed by atoms with Crippen molar-refractivity contribution in [3.05, 3.63) is 83.9 Å². The molecule has 0 atom stereocenters. The van der Waals surface area contributed by atoms with E-state index in [1.165, 1.54) is 16.8 Å². The normalized spacial score (nSPS) is 13.1. The van der Waals surface area contributed by atoms with Crippen molar-refractivity contribution in [3.63, 3.8) is 0 Å². The van der Waals surface area contributed by atoms with Crippen LogP contribution in [0, 0.1) is 0 Å². The fourth-order valence-electron chi connectivity index (χ4n) is 3.62. The van der Waals surface area contributed by atoms with E-state index in [4.69, 9.17) is 0 Å². The number of fused-ring (bicyclic) bond motifs is 1. The SMILES string of the molecule is CN(CCc1ccncc1)C(=O)c1ccc(N2CCCc3ccccc32)cn1. The highest BCUT2D eigenvalue weighted by atomic mass is 16.2. The molecule has 1 amide bonds. The van der Waals surface area contributed by atoms with Gasteiger partial charge in [0.15, 0.2) is 0 Å². The lowest BCUT2D eigenvalue weighted by molar-refractivity contribution is 0.0791. The molecule has 0 saturated heterocycles. The number of rotatable bonds is 5. The quantitative estimate of drug-likeness (QED) is 0.682. The smallest absolute Gasteiger partial charge is 0.272 e. The van der Waals surface area contributed by atoms with Crippen LogP contribution >= 0.6 is 0 Å². The van der Waals surface area contributed by atoms with E-state index in [0.717, 1.165) is 31.5 Å². The molecule has 4 rings (SSSR count). The van der Waals surface area contributed by atoms with Gasteiger partial charge >= 0.3 is 0 Å². The number of aromatic nitrogens is 2. The van der Waals surface area contributed by atoms with E-state index in [9.17, 15) is 4.79 Å². The predicted octanol–water partition coefficient (Wildman–Crippen LogP) is 3.88. The molecule has 0 aliphatic carbocycles. The highest BCUT2D eigenvalue weighted by Gasteiger charge is 2.19. The third-order valence-corrected chi connectivity index (χ3v) is 5.22. The molecule has 1 aromatic carbocycles. The highest BCUT2D eigenvalue weighted by Crippen LogP contribution is 2.32. The van der Waals surface area contributed by atoms with Gasteiger partial charge in [-0.25, -0.2) is 4.98 Å². The topological polar surface area (TPSA) is 49.3 Å². The molecule has 0 radical (unpaired) electrons. The molecular formula is C23H24N4O. The van der Waals surface area contributed by atoms with Crippen LogP contribution in [-0.2, 0) is 12.8 Å². The molecule has 0 bridgehead atoms. The molecule has 0 fully saturated rings. The molecule has 0 saturated carbocycles. The molecular weight excluding hydrogens is 348 g/mol. The summed E-state index contributed by atoms with van der Waals surface area (Å²) < 4.78 is 0. The van der Waals surface area contributed by atoms with Gasteiger partial charge in [0.25, 0.3) is 5.91 Å². The van der Waals surface area contributed by atoms with Crippen molar-refractivity contribution in [2.75, 3.05) is 25.0 Å². The fourth-order valence-corrected chi connectivity index (χ4v) is 3.62. The maximum absolute atomic E-state index is 12.7. The summed E-state index contributed by atoms with van der Waals surface area (Å²) in [5.74, 6) is -0.0559. The summed E-state index contributed by atoms with van der Waals surface area (Å²) in [5.41, 5.74) is 5.28. The molecule has 0 N–H and O–H groups in total. The number of hydrogen-bond acceptors (Lipinski definition) is 4. The molecule has 3 aromatic rings. The van der Waals surface area contributed by atoms with E-state index in [2.05, 4.69) is 39.1 Å². The largest absolute Gasteiger partial charge is 0.340 e. The number of nitrogens with zero attached hydrogens (tertiary/aromatic N) is 4. The molecule has 0 unspecified atom stereocenters. The average molecular weight is 372 g/mol. The molecule has 0 spiro atoms. The molecule has 3 heterocycles. The maximum Gasteiger partial charge on any atom is 0.272 e. The number of para-hydroxylation sites is 1. The summed E-state index contributed by atoms with van der Waals surface area (Å²) in [6.45, 7) is 1.61. The number of carbonyl (C=O) groups is 1. The zero-order valence-electron chi connectivity index (χ0n) is 16.1. The second-order valence-corrected chi connectivity index (χ2v) is 7.12. The lowest BCUT2D eigenvalue weighted by Gasteiger charge is -2.31. The number of benzene rings is 1. The van der Waals surface area contributed by atoms with Crippen molar-refractivity contribution in [1.82, 2.24) is 14.9 Å². The molecule has 5 heteroatoms. The van der Waals surface area contributed by atoms with Crippen molar-refractivity contribution >= 4 is 17.3 Å². The maximum atomic E-state index is 12.7. The Kier molecular flexibility index (Phi) is 5.33. The molecule has 1 aliphatic heterocycles. The predicted molar refractivity (Wildman–Crippen MR) is 111 cm³/mol. The van der Waals surface area contributed by atoms with Crippen molar-refractivity contribution < 1.29 is 4.79 Å². The van der Waals surface area contributed by atoms with Crippen LogP contribution in [-0.4, -0.2) is 40.9 Å². The number of carbonyl (C=O) groups excluding carboxylic acids is 1. The summed E-state index contributed by atoms with van der Waals surface area (Å²) in [5, 5.41) is 0. The van der Waals surface area contributed by atoms with E-state index in [-0.39, 0.29) is 5.91 Å². The van der Waals surface area contributed by atoms with Gasteiger partial charge in [-0.1, -0.05) is 18.2 Å². The van der Waals surface area contributed by atoms with E-state index < -0.39 is 0 Å². The minimum Gasteiger partial charge on any atom is -0.340 e. The van der Waals surface area contributed by atoms with Gasteiger partial charge in [0.05, 0.1) is 11.9 Å². The van der Waals surface area contributed by atoms with E-state index in [0.29, 0.717) is 12.2 Å². The number of anilines is 2. The number of amides is 1. The van der Waals surface area contributed by atoms with Crippen molar-refractivity contribution in [1.29, 1.82) is 0 Å². The Morgan fingerprint density at radius 3 is 2.71 bits per heavy atom. The van der Waals surface area contributed by atoms with Gasteiger partial charge in [-0.3, -0.25) is 9.78 Å². The van der Waals surface area contributed by atoms with Gasteiger partial charge in [-0.05, 0) is 60.7 Å². The van der Waals surface area contributed by atoms with Gasteiger partial charge in [0, 0.05) is 38.2 Å². The molecule has 2 aromatic heterocycles. The Hall–Kier alpha value is -3.21. The molecule has 1 aliphatic rings. The lowest BCUT2D eigenvalue weighted by Crippen LogP contribution is -2.30. The minimum absolute atomic E-state index is 0.0559. The van der Waals surface area contributed by atoms with Gasteiger partial charge in [0.2, 0.25) is 0 Å². The van der Waals surface area contributed by atoms with Gasteiger partial charge in [-0.2, -0.15) is 0 Å². The third kappa shape index (κ3) is 3.88. The van der Waals surface area contributed by atoms with Crippen molar-refractivity contribution in [2.45, 2.75) is 19.3 Å². The van der Waals surface area contributed by atoms with Crippen LogP contribution in [0.25, 0.3) is 0 Å². The van der Waals surface area contributed by atoms with E-state index in [1.807, 2.05) is 37.5 Å². The highest BCUT2D eigenvalue weighted by molar-refractivity contribution is 5.92. The van der Waals surface area contributed by atoms with Crippen molar-refractivity contribution in [2.24, 2.45) is 0 Å². The summed E-state index contributed by atoms with van der Waals surface area (Å²) in [6, 6.07) is 16.3. The average Bonchev–Trinajstić information content (AvgIpc) is 2.77. The van der Waals surface area contributed by atoms with Crippen molar-refractivity contribution in [3.8, 4) is 0 Å². The monoisotopic (exact) mass is 372 g/mol. The molecule has 142 valence electrons. The number of pyridine rings is 2. The Labute approximate surface area is 165 Å². The fraction of sp³-hybridized carbons (Fsp3) is 0.261. The standard InChI is InChI=1S/C23H24N4O/c1-26(16-12-18-10-13-24-14-11-18)23(28)21-9-8-20(17-25-21)27-15-4-6-19-5-2-3-7-22(19)27/h2-3,5,7-11,13-14,17H,4,6,12,15-16H2,1H3. The second-order valence-electron chi connectivity index (χ2n) is 7.12. The van der Waals surface area contributed by atoms with Gasteiger partial charge < -0.3 is 9.80 Å². The van der Waals surface area contributed by atoms with Crippen LogP contribution < -0.4 is 4.90 Å². The van der Waals surface area contributed by atoms with Gasteiger partial charge in [-0.15, -0.1) is 0 Å². The summed E-state index contributed by atoms with van der Waals surface area (Å²) in [4.78, 5) is 25.2. The Bertz CT molecular complexity index is 940. The first-order chi connectivity index (χ1) is 13.7. The zero-order chi connectivity index (χ0) is 19.3. The molecule has 28 heavy (non-hydrogen) atoms. The first-order valence-corrected chi connectivity index (χ1v) is 9.68. The van der Waals surface area contributed by atoms with E-state index in [1.54, 1.807) is 17.3 Å². The Morgan fingerprint density at radius 1 is 1.11 bits per heavy atom. The Balaban J connectivity index is 1.44. The summed E-state index contributed by atoms with van der Waals surface area (Å²) >= 11 is 0. The molecule has 5 nitrogen and oxygen atoms in total.